The summed E-state index contributed by atoms with van der Waals surface area (Å²) < 4.78 is 6.09. The lowest BCUT2D eigenvalue weighted by Gasteiger charge is -2.17. The first-order valence-corrected chi connectivity index (χ1v) is 7.59. The number of aromatic nitrogens is 2. The summed E-state index contributed by atoms with van der Waals surface area (Å²) in [6, 6.07) is 10.3. The highest BCUT2D eigenvalue weighted by Crippen LogP contribution is 2.22. The van der Waals surface area contributed by atoms with Crippen LogP contribution in [0.5, 0.6) is 0 Å². The summed E-state index contributed by atoms with van der Waals surface area (Å²) in [6.07, 6.45) is 0.893. The van der Waals surface area contributed by atoms with Gasteiger partial charge in [-0.15, -0.1) is 11.8 Å². The minimum atomic E-state index is 0.587. The van der Waals surface area contributed by atoms with Crippen LogP contribution >= 0.6 is 24.0 Å². The van der Waals surface area contributed by atoms with Crippen LogP contribution in [0, 0.1) is 4.64 Å². The zero-order valence-corrected chi connectivity index (χ0v) is 12.0. The van der Waals surface area contributed by atoms with Gasteiger partial charge in [-0.3, -0.25) is 0 Å². The Bertz CT molecular complexity index is 625. The van der Waals surface area contributed by atoms with E-state index in [1.807, 2.05) is 18.2 Å². The molecule has 1 aliphatic rings. The Kier molecular flexibility index (Phi) is 3.96. The van der Waals surface area contributed by atoms with Gasteiger partial charge in [0.2, 0.25) is 0 Å². The second-order valence-corrected chi connectivity index (χ2v) is 5.79. The summed E-state index contributed by atoms with van der Waals surface area (Å²) in [5.74, 6) is 1.75. The molecule has 1 aromatic heterocycles. The predicted molar refractivity (Wildman–Crippen MR) is 78.8 cm³/mol. The maximum absolute atomic E-state index is 5.41. The third kappa shape index (κ3) is 3.05. The molecule has 1 aliphatic heterocycles. The van der Waals surface area contributed by atoms with E-state index in [1.165, 1.54) is 10.6 Å². The number of aromatic amines is 1. The van der Waals surface area contributed by atoms with E-state index in [0.717, 1.165) is 30.2 Å². The van der Waals surface area contributed by atoms with Gasteiger partial charge in [0.25, 0.3) is 0 Å². The molecular formula is C14H14N2OS2. The monoisotopic (exact) mass is 290 g/mol. The molecule has 3 nitrogen and oxygen atoms in total. The van der Waals surface area contributed by atoms with E-state index in [0.29, 0.717) is 11.2 Å². The van der Waals surface area contributed by atoms with E-state index in [-0.39, 0.29) is 0 Å². The predicted octanol–water partition coefficient (Wildman–Crippen LogP) is 3.50. The first kappa shape index (κ1) is 12.8. The molecule has 0 radical (unpaired) electrons. The van der Waals surface area contributed by atoms with Crippen LogP contribution in [-0.2, 0) is 23.5 Å². The number of benzene rings is 1. The summed E-state index contributed by atoms with van der Waals surface area (Å²) in [4.78, 5) is 9.10. The van der Waals surface area contributed by atoms with Crippen molar-refractivity contribution >= 4 is 24.0 Å². The van der Waals surface area contributed by atoms with Gasteiger partial charge in [-0.1, -0.05) is 30.4 Å². The molecule has 0 saturated carbocycles. The largest absolute Gasteiger partial charge is 0.376 e. The van der Waals surface area contributed by atoms with Gasteiger partial charge in [0, 0.05) is 22.6 Å². The number of fused-ring (bicyclic) bond motifs is 1. The molecule has 1 N–H and O–H groups in total. The fourth-order valence-electron chi connectivity index (χ4n) is 2.04. The summed E-state index contributed by atoms with van der Waals surface area (Å²) in [5, 5.41) is 0. The molecule has 0 fully saturated rings. The number of H-pyrrole nitrogens is 1. The summed E-state index contributed by atoms with van der Waals surface area (Å²) in [6.45, 7) is 1.34. The molecule has 1 aromatic carbocycles. The van der Waals surface area contributed by atoms with Crippen LogP contribution in [0.4, 0.5) is 0 Å². The average Bonchev–Trinajstić information content (AvgIpc) is 2.46. The quantitative estimate of drug-likeness (QED) is 0.693. The van der Waals surface area contributed by atoms with Crippen molar-refractivity contribution in [3.8, 4) is 0 Å². The van der Waals surface area contributed by atoms with Crippen molar-refractivity contribution in [2.75, 3.05) is 6.61 Å². The number of nitrogens with zero attached hydrogens (tertiary/aromatic N) is 1. The van der Waals surface area contributed by atoms with Gasteiger partial charge in [-0.05, 0) is 12.1 Å². The fourth-order valence-corrected chi connectivity index (χ4v) is 3.13. The molecule has 2 heterocycles. The Hall–Kier alpha value is -1.17. The maximum Gasteiger partial charge on any atom is 0.135 e. The molecule has 0 atom stereocenters. The zero-order chi connectivity index (χ0) is 13.1. The van der Waals surface area contributed by atoms with E-state index in [9.17, 15) is 0 Å². The van der Waals surface area contributed by atoms with Crippen LogP contribution in [0.2, 0.25) is 0 Å². The van der Waals surface area contributed by atoms with Gasteiger partial charge in [0.1, 0.15) is 10.5 Å². The molecule has 0 amide bonds. The molecule has 0 unspecified atom stereocenters. The van der Waals surface area contributed by atoms with Crippen LogP contribution in [0.3, 0.4) is 0 Å². The summed E-state index contributed by atoms with van der Waals surface area (Å²) >= 11 is 7.10. The van der Waals surface area contributed by atoms with Crippen molar-refractivity contribution in [2.24, 2.45) is 0 Å². The summed E-state index contributed by atoms with van der Waals surface area (Å²) in [5.41, 5.74) is 2.24. The second-order valence-electron chi connectivity index (χ2n) is 4.35. The van der Waals surface area contributed by atoms with Crippen LogP contribution in [-0.4, -0.2) is 16.6 Å². The first-order valence-electron chi connectivity index (χ1n) is 6.19. The zero-order valence-electron chi connectivity index (χ0n) is 10.4. The van der Waals surface area contributed by atoms with E-state index < -0.39 is 0 Å². The second kappa shape index (κ2) is 5.86. The number of ether oxygens (including phenoxy) is 1. The first-order chi connectivity index (χ1) is 9.33. The Morgan fingerprint density at radius 1 is 1.32 bits per heavy atom. The Labute approximate surface area is 121 Å². The van der Waals surface area contributed by atoms with E-state index >= 15 is 0 Å². The molecule has 0 aliphatic carbocycles. The standard InChI is InChI=1S/C14H14N2OS2/c18-14-11-8-17-7-6-12(11)15-13(16-14)9-19-10-4-2-1-3-5-10/h1-5H,6-9H2,(H,15,16,18). The highest BCUT2D eigenvalue weighted by atomic mass is 32.2. The summed E-state index contributed by atoms with van der Waals surface area (Å²) in [7, 11) is 0. The third-order valence-corrected chi connectivity index (χ3v) is 4.38. The lowest BCUT2D eigenvalue weighted by atomic mass is 10.1. The Balaban J connectivity index is 1.78. The van der Waals surface area contributed by atoms with Gasteiger partial charge < -0.3 is 9.72 Å². The van der Waals surface area contributed by atoms with Crippen LogP contribution < -0.4 is 0 Å². The maximum atomic E-state index is 5.41. The Morgan fingerprint density at radius 2 is 2.16 bits per heavy atom. The van der Waals surface area contributed by atoms with Gasteiger partial charge >= 0.3 is 0 Å². The van der Waals surface area contributed by atoms with Crippen LogP contribution in [0.1, 0.15) is 17.1 Å². The molecule has 19 heavy (non-hydrogen) atoms. The molecule has 98 valence electrons. The normalized spacial score (nSPS) is 14.1. The lowest BCUT2D eigenvalue weighted by Crippen LogP contribution is -2.14. The number of hydrogen-bond acceptors (Lipinski definition) is 4. The highest BCUT2D eigenvalue weighted by molar-refractivity contribution is 7.98. The number of nitrogens with one attached hydrogen (secondary N) is 1. The van der Waals surface area contributed by atoms with Gasteiger partial charge in [0.05, 0.1) is 19.0 Å². The smallest absolute Gasteiger partial charge is 0.135 e. The van der Waals surface area contributed by atoms with Crippen molar-refractivity contribution in [1.82, 2.24) is 9.97 Å². The fraction of sp³-hybridized carbons (Fsp3) is 0.286. The molecule has 3 rings (SSSR count). The highest BCUT2D eigenvalue weighted by Gasteiger charge is 2.13. The Morgan fingerprint density at radius 3 is 3.00 bits per heavy atom. The number of rotatable bonds is 3. The van der Waals surface area contributed by atoms with Crippen molar-refractivity contribution in [3.05, 3.63) is 52.1 Å². The minimum Gasteiger partial charge on any atom is -0.376 e. The van der Waals surface area contributed by atoms with Crippen molar-refractivity contribution in [2.45, 2.75) is 23.7 Å². The van der Waals surface area contributed by atoms with Crippen LogP contribution in [0.15, 0.2) is 35.2 Å². The number of thioether (sulfide) groups is 1. The van der Waals surface area contributed by atoms with Crippen molar-refractivity contribution in [3.63, 3.8) is 0 Å². The lowest BCUT2D eigenvalue weighted by molar-refractivity contribution is 0.108. The molecular weight excluding hydrogens is 276 g/mol. The average molecular weight is 290 g/mol. The van der Waals surface area contributed by atoms with E-state index in [1.54, 1.807) is 11.8 Å². The van der Waals surface area contributed by atoms with Crippen molar-refractivity contribution in [1.29, 1.82) is 0 Å². The van der Waals surface area contributed by atoms with Gasteiger partial charge in [0.15, 0.2) is 0 Å². The van der Waals surface area contributed by atoms with Gasteiger partial charge in [-0.2, -0.15) is 0 Å². The van der Waals surface area contributed by atoms with Gasteiger partial charge in [-0.25, -0.2) is 4.98 Å². The molecule has 0 bridgehead atoms. The van der Waals surface area contributed by atoms with E-state index in [4.69, 9.17) is 17.0 Å². The molecule has 0 spiro atoms. The SMILES string of the molecule is S=c1nc(CSc2ccccc2)[nH]c2c1COCC2. The third-order valence-electron chi connectivity index (χ3n) is 3.02. The molecule has 5 heteroatoms. The van der Waals surface area contributed by atoms with Crippen LogP contribution in [0.25, 0.3) is 0 Å². The number of hydrogen-bond donors (Lipinski definition) is 1. The minimum absolute atomic E-state index is 0.587. The van der Waals surface area contributed by atoms with Crippen molar-refractivity contribution < 1.29 is 4.74 Å². The van der Waals surface area contributed by atoms with E-state index in [2.05, 4.69) is 22.1 Å². The molecule has 2 aromatic rings. The topological polar surface area (TPSA) is 37.9 Å². The molecule has 0 saturated heterocycles.